The van der Waals surface area contributed by atoms with Crippen molar-refractivity contribution in [2.45, 2.75) is 82.2 Å². The van der Waals surface area contributed by atoms with Crippen molar-refractivity contribution in [3.8, 4) is 0 Å². The monoisotopic (exact) mass is 451 g/mol. The summed E-state index contributed by atoms with van der Waals surface area (Å²) in [4.78, 5) is 23.8. The molecule has 1 amide bonds. The van der Waals surface area contributed by atoms with Gasteiger partial charge in [-0.1, -0.05) is 13.0 Å². The van der Waals surface area contributed by atoms with Crippen LogP contribution in [0.25, 0.3) is 0 Å². The van der Waals surface area contributed by atoms with Gasteiger partial charge in [0.2, 0.25) is 5.91 Å². The number of hydrogen-bond donors (Lipinski definition) is 1. The molecule has 0 heterocycles. The van der Waals surface area contributed by atoms with Gasteiger partial charge in [0, 0.05) is 12.0 Å². The topological polar surface area (TPSA) is 89.5 Å². The molecular formula is C20H28F3NO5S. The molecule has 0 aromatic rings. The molecule has 4 aliphatic rings. The SMILES string of the molecule is C=C(C)C(=O)OC12CC3CC(CC(CCCCC(=O)NS(=O)(=O)C(F)(F)F)(C3)C1)C2. The summed E-state index contributed by atoms with van der Waals surface area (Å²) >= 11 is 0. The van der Waals surface area contributed by atoms with Crippen molar-refractivity contribution in [1.82, 2.24) is 4.72 Å². The minimum absolute atomic E-state index is 0.00790. The van der Waals surface area contributed by atoms with E-state index in [9.17, 15) is 31.2 Å². The Bertz CT molecular complexity index is 822. The zero-order valence-electron chi connectivity index (χ0n) is 17.0. The minimum Gasteiger partial charge on any atom is -0.456 e. The van der Waals surface area contributed by atoms with Crippen molar-refractivity contribution in [2.75, 3.05) is 0 Å². The number of halogens is 3. The molecule has 4 fully saturated rings. The van der Waals surface area contributed by atoms with E-state index in [4.69, 9.17) is 4.74 Å². The van der Waals surface area contributed by atoms with Crippen molar-refractivity contribution >= 4 is 21.9 Å². The van der Waals surface area contributed by atoms with Crippen molar-refractivity contribution in [1.29, 1.82) is 0 Å². The van der Waals surface area contributed by atoms with E-state index in [0.29, 0.717) is 30.3 Å². The molecule has 4 saturated carbocycles. The van der Waals surface area contributed by atoms with Gasteiger partial charge in [-0.15, -0.1) is 0 Å². The van der Waals surface area contributed by atoms with Gasteiger partial charge in [-0.2, -0.15) is 21.6 Å². The lowest BCUT2D eigenvalue weighted by Crippen LogP contribution is -2.57. The van der Waals surface area contributed by atoms with Gasteiger partial charge in [-0.25, -0.2) is 9.52 Å². The number of nitrogens with one attached hydrogen (secondary N) is 1. The van der Waals surface area contributed by atoms with Crippen LogP contribution in [0.3, 0.4) is 0 Å². The van der Waals surface area contributed by atoms with Crippen LogP contribution >= 0.6 is 0 Å². The van der Waals surface area contributed by atoms with Gasteiger partial charge in [0.05, 0.1) is 0 Å². The van der Waals surface area contributed by atoms with Gasteiger partial charge in [0.1, 0.15) is 5.60 Å². The molecule has 2 atom stereocenters. The van der Waals surface area contributed by atoms with Crippen LogP contribution < -0.4 is 4.72 Å². The van der Waals surface area contributed by atoms with Gasteiger partial charge >= 0.3 is 21.5 Å². The maximum absolute atomic E-state index is 12.3. The Kier molecular flexibility index (Phi) is 6.03. The normalized spacial score (nSPS) is 32.7. The standard InChI is InChI=1S/C20H28F3NO5S/c1-13(2)17(26)29-19-10-14-7-15(11-19)9-18(8-14,12-19)6-4-3-5-16(25)24-30(27,28)20(21,22)23/h14-15H,1,3-12H2,2H3,(H,24,25). The summed E-state index contributed by atoms with van der Waals surface area (Å²) in [5, 5.41) is 0. The van der Waals surface area contributed by atoms with E-state index in [-0.39, 0.29) is 17.8 Å². The molecule has 10 heteroatoms. The highest BCUT2D eigenvalue weighted by Crippen LogP contribution is 2.64. The van der Waals surface area contributed by atoms with Crippen LogP contribution in [0.1, 0.15) is 71.1 Å². The van der Waals surface area contributed by atoms with E-state index in [1.807, 2.05) is 0 Å². The Morgan fingerprint density at radius 1 is 1.13 bits per heavy atom. The third kappa shape index (κ3) is 4.84. The molecular weight excluding hydrogens is 423 g/mol. The molecule has 0 saturated heterocycles. The second-order valence-electron chi connectivity index (χ2n) is 9.50. The van der Waals surface area contributed by atoms with Crippen LogP contribution in [0.5, 0.6) is 0 Å². The minimum atomic E-state index is -5.65. The number of carbonyl (C=O) groups excluding carboxylic acids is 2. The summed E-state index contributed by atoms with van der Waals surface area (Å²) in [6, 6.07) is 0. The predicted molar refractivity (Wildman–Crippen MR) is 102 cm³/mol. The molecule has 6 nitrogen and oxygen atoms in total. The number of sulfonamides is 1. The fourth-order valence-corrected chi connectivity index (χ4v) is 6.62. The zero-order chi connectivity index (χ0) is 22.4. The Labute approximate surface area is 174 Å². The van der Waals surface area contributed by atoms with E-state index in [0.717, 1.165) is 49.7 Å². The fourth-order valence-electron chi connectivity index (χ4n) is 6.10. The van der Waals surface area contributed by atoms with Crippen molar-refractivity contribution in [3.05, 3.63) is 12.2 Å². The quantitative estimate of drug-likeness (QED) is 0.343. The summed E-state index contributed by atoms with van der Waals surface area (Å²) in [5.41, 5.74) is -5.58. The van der Waals surface area contributed by atoms with Crippen LogP contribution in [0.15, 0.2) is 12.2 Å². The van der Waals surface area contributed by atoms with Gasteiger partial charge in [-0.05, 0) is 75.5 Å². The first-order chi connectivity index (χ1) is 13.7. The Hall–Kier alpha value is -1.58. The van der Waals surface area contributed by atoms with E-state index < -0.39 is 27.0 Å². The maximum atomic E-state index is 12.3. The molecule has 4 aliphatic carbocycles. The Morgan fingerprint density at radius 2 is 1.73 bits per heavy atom. The number of esters is 1. The summed E-state index contributed by atoms with van der Waals surface area (Å²) in [6.45, 7) is 5.29. The number of hydrogen-bond acceptors (Lipinski definition) is 5. The van der Waals surface area contributed by atoms with Gasteiger partial charge < -0.3 is 4.74 Å². The fraction of sp³-hybridized carbons (Fsp3) is 0.800. The third-order valence-corrected chi connectivity index (χ3v) is 7.81. The molecule has 30 heavy (non-hydrogen) atoms. The van der Waals surface area contributed by atoms with Crippen molar-refractivity contribution < 1.29 is 35.9 Å². The highest BCUT2D eigenvalue weighted by atomic mass is 32.2. The number of unbranched alkanes of at least 4 members (excludes halogenated alkanes) is 1. The van der Waals surface area contributed by atoms with E-state index in [1.54, 1.807) is 6.92 Å². The largest absolute Gasteiger partial charge is 0.516 e. The number of ether oxygens (including phenoxy) is 1. The molecule has 0 aliphatic heterocycles. The van der Waals surface area contributed by atoms with E-state index >= 15 is 0 Å². The molecule has 1 N–H and O–H groups in total. The summed E-state index contributed by atoms with van der Waals surface area (Å²) in [6.07, 6.45) is 7.09. The second kappa shape index (κ2) is 7.84. The van der Waals surface area contributed by atoms with Crippen molar-refractivity contribution in [3.63, 3.8) is 0 Å². The first-order valence-corrected chi connectivity index (χ1v) is 11.7. The first kappa shape index (κ1) is 23.1. The van der Waals surface area contributed by atoms with E-state index in [1.165, 1.54) is 0 Å². The lowest BCUT2D eigenvalue weighted by atomic mass is 9.47. The van der Waals surface area contributed by atoms with Gasteiger partial charge in [0.25, 0.3) is 0 Å². The number of carbonyl (C=O) groups is 2. The third-order valence-electron chi connectivity index (χ3n) is 6.70. The molecule has 0 aromatic heterocycles. The van der Waals surface area contributed by atoms with Crippen LogP contribution in [0.4, 0.5) is 13.2 Å². The number of rotatable bonds is 8. The smallest absolute Gasteiger partial charge is 0.456 e. The molecule has 2 unspecified atom stereocenters. The van der Waals surface area contributed by atoms with Gasteiger partial charge in [0.15, 0.2) is 0 Å². The van der Waals surface area contributed by atoms with Crippen molar-refractivity contribution in [2.24, 2.45) is 17.3 Å². The highest BCUT2D eigenvalue weighted by Gasteiger charge is 2.59. The van der Waals surface area contributed by atoms with E-state index in [2.05, 4.69) is 6.58 Å². The number of amides is 1. The highest BCUT2D eigenvalue weighted by molar-refractivity contribution is 7.90. The molecule has 0 aromatic carbocycles. The average molecular weight is 452 g/mol. The predicted octanol–water partition coefficient (Wildman–Crippen LogP) is 3.97. The molecule has 0 radical (unpaired) electrons. The lowest BCUT2D eigenvalue weighted by Gasteiger charge is -2.61. The van der Waals surface area contributed by atoms with Crippen LogP contribution in [-0.2, 0) is 24.3 Å². The lowest BCUT2D eigenvalue weighted by molar-refractivity contribution is -0.199. The van der Waals surface area contributed by atoms with Gasteiger partial charge in [-0.3, -0.25) is 4.79 Å². The molecule has 170 valence electrons. The molecule has 0 spiro atoms. The van der Waals surface area contributed by atoms with Crippen LogP contribution in [-0.4, -0.2) is 31.4 Å². The molecule has 4 bridgehead atoms. The Balaban J connectivity index is 1.54. The number of alkyl halides is 3. The molecule has 4 rings (SSSR count). The van der Waals surface area contributed by atoms with Crippen LogP contribution in [0.2, 0.25) is 0 Å². The summed E-state index contributed by atoms with van der Waals surface area (Å²) in [5.74, 6) is -0.534. The summed E-state index contributed by atoms with van der Waals surface area (Å²) in [7, 11) is -5.65. The first-order valence-electron chi connectivity index (χ1n) is 10.3. The van der Waals surface area contributed by atoms with Crippen LogP contribution in [0, 0.1) is 17.3 Å². The zero-order valence-corrected chi connectivity index (χ0v) is 17.8. The maximum Gasteiger partial charge on any atom is 0.516 e. The second-order valence-corrected chi connectivity index (χ2v) is 11.2. The Morgan fingerprint density at radius 3 is 2.27 bits per heavy atom. The average Bonchev–Trinajstić information content (AvgIpc) is 2.55. The summed E-state index contributed by atoms with van der Waals surface area (Å²) < 4.78 is 66.0.